The number of aryl methyl sites for hydroxylation is 1. The van der Waals surface area contributed by atoms with Gasteiger partial charge < -0.3 is 4.57 Å². The normalized spacial score (nSPS) is 12.3. The first-order valence-electron chi connectivity index (χ1n) is 12.0. The Morgan fingerprint density at radius 1 is 0.972 bits per heavy atom. The second-order valence-electron chi connectivity index (χ2n) is 10.3. The number of rotatable bonds is 4. The molecular weight excluding hydrogens is 512 g/mol. The van der Waals surface area contributed by atoms with E-state index in [0.29, 0.717) is 16.7 Å². The summed E-state index contributed by atoms with van der Waals surface area (Å²) in [4.78, 5) is 18.4. The average Bonchev–Trinajstić information content (AvgIpc) is 3.10. The molecule has 2 heterocycles. The van der Waals surface area contributed by atoms with Gasteiger partial charge in [-0.15, -0.1) is 0 Å². The standard InChI is InChI=1S/C30H29BrN4O/c1-19-10-12-21(13-11-19)18-34-20(2)25(23-8-6-7-9-27(23)34)17-32-35-28(36)24-16-22(31)14-15-26(24)33-29(35)30(3,4)5/h6-17H,18H2,1-5H3. The third-order valence-corrected chi connectivity index (χ3v) is 7.02. The molecule has 0 spiro atoms. The lowest BCUT2D eigenvalue weighted by Gasteiger charge is -2.20. The SMILES string of the molecule is Cc1ccc(Cn2c(C)c(C=Nn3c(C(C)(C)C)nc4ccc(Br)cc4c3=O)c3ccccc32)cc1. The Morgan fingerprint density at radius 2 is 1.69 bits per heavy atom. The quantitative estimate of drug-likeness (QED) is 0.231. The molecule has 5 aromatic rings. The summed E-state index contributed by atoms with van der Waals surface area (Å²) in [7, 11) is 0. The number of aromatic nitrogens is 3. The minimum Gasteiger partial charge on any atom is -0.340 e. The highest BCUT2D eigenvalue weighted by Crippen LogP contribution is 2.27. The molecule has 6 heteroatoms. The molecule has 0 atom stereocenters. The summed E-state index contributed by atoms with van der Waals surface area (Å²) in [6.07, 6.45) is 1.81. The van der Waals surface area contributed by atoms with Crippen molar-refractivity contribution < 1.29 is 0 Å². The monoisotopic (exact) mass is 540 g/mol. The van der Waals surface area contributed by atoms with Gasteiger partial charge in [0.2, 0.25) is 0 Å². The topological polar surface area (TPSA) is 52.2 Å². The largest absolute Gasteiger partial charge is 0.340 e. The van der Waals surface area contributed by atoms with Gasteiger partial charge in [-0.2, -0.15) is 9.78 Å². The molecule has 0 radical (unpaired) electrons. The van der Waals surface area contributed by atoms with Gasteiger partial charge in [0.1, 0.15) is 5.82 Å². The number of benzene rings is 3. The van der Waals surface area contributed by atoms with Crippen molar-refractivity contribution in [3.8, 4) is 0 Å². The Bertz CT molecular complexity index is 1690. The zero-order valence-electron chi connectivity index (χ0n) is 21.2. The zero-order chi connectivity index (χ0) is 25.6. The van der Waals surface area contributed by atoms with Crippen LogP contribution in [0.25, 0.3) is 21.8 Å². The van der Waals surface area contributed by atoms with Gasteiger partial charge in [-0.05, 0) is 43.7 Å². The minimum absolute atomic E-state index is 0.177. The van der Waals surface area contributed by atoms with Crippen LogP contribution in [0, 0.1) is 13.8 Å². The van der Waals surface area contributed by atoms with Crippen molar-refractivity contribution in [3.63, 3.8) is 0 Å². The van der Waals surface area contributed by atoms with Crippen LogP contribution in [0.15, 0.2) is 81.1 Å². The van der Waals surface area contributed by atoms with Gasteiger partial charge in [0, 0.05) is 38.6 Å². The summed E-state index contributed by atoms with van der Waals surface area (Å²) in [5, 5.41) is 6.39. The van der Waals surface area contributed by atoms with E-state index in [1.54, 1.807) is 0 Å². The first-order chi connectivity index (χ1) is 17.1. The molecule has 5 nitrogen and oxygen atoms in total. The maximum absolute atomic E-state index is 13.6. The molecule has 2 aromatic heterocycles. The first kappa shape index (κ1) is 24.2. The summed E-state index contributed by atoms with van der Waals surface area (Å²) >= 11 is 3.48. The molecule has 0 bridgehead atoms. The van der Waals surface area contributed by atoms with Crippen LogP contribution < -0.4 is 5.56 Å². The fourth-order valence-corrected chi connectivity index (χ4v) is 4.92. The minimum atomic E-state index is -0.369. The molecule has 0 aliphatic carbocycles. The van der Waals surface area contributed by atoms with Crippen molar-refractivity contribution >= 4 is 44.0 Å². The van der Waals surface area contributed by atoms with Crippen LogP contribution >= 0.6 is 15.9 Å². The highest BCUT2D eigenvalue weighted by molar-refractivity contribution is 9.10. The van der Waals surface area contributed by atoms with Gasteiger partial charge in [0.05, 0.1) is 17.1 Å². The van der Waals surface area contributed by atoms with Crippen molar-refractivity contribution in [3.05, 3.63) is 110 Å². The van der Waals surface area contributed by atoms with Crippen LogP contribution in [0.1, 0.15) is 49.0 Å². The molecule has 3 aromatic carbocycles. The fourth-order valence-electron chi connectivity index (χ4n) is 4.56. The van der Waals surface area contributed by atoms with E-state index in [4.69, 9.17) is 10.1 Å². The van der Waals surface area contributed by atoms with Gasteiger partial charge in [-0.1, -0.05) is 84.7 Å². The second-order valence-corrected chi connectivity index (χ2v) is 11.2. The Labute approximate surface area is 219 Å². The lowest BCUT2D eigenvalue weighted by atomic mass is 9.95. The molecule has 0 aliphatic heterocycles. The molecule has 0 aliphatic rings. The molecule has 5 rings (SSSR count). The molecule has 0 amide bonds. The van der Waals surface area contributed by atoms with E-state index in [9.17, 15) is 4.79 Å². The molecule has 0 fully saturated rings. The van der Waals surface area contributed by atoms with Crippen LogP contribution in [0.5, 0.6) is 0 Å². The summed E-state index contributed by atoms with van der Waals surface area (Å²) < 4.78 is 4.60. The maximum Gasteiger partial charge on any atom is 0.282 e. The molecule has 0 saturated carbocycles. The zero-order valence-corrected chi connectivity index (χ0v) is 22.8. The number of halogens is 1. The van der Waals surface area contributed by atoms with Gasteiger partial charge in [-0.3, -0.25) is 4.79 Å². The van der Waals surface area contributed by atoms with Gasteiger partial charge in [0.15, 0.2) is 0 Å². The van der Waals surface area contributed by atoms with Crippen LogP contribution in [0.4, 0.5) is 0 Å². The van der Waals surface area contributed by atoms with E-state index in [2.05, 4.69) is 76.8 Å². The number of hydrogen-bond donors (Lipinski definition) is 0. The number of hydrogen-bond acceptors (Lipinski definition) is 3. The Kier molecular flexibility index (Phi) is 6.17. The smallest absolute Gasteiger partial charge is 0.282 e. The molecule has 0 saturated heterocycles. The third kappa shape index (κ3) is 4.42. The lowest BCUT2D eigenvalue weighted by Crippen LogP contribution is -2.29. The summed E-state index contributed by atoms with van der Waals surface area (Å²) in [5.74, 6) is 0.625. The van der Waals surface area contributed by atoms with Gasteiger partial charge in [-0.25, -0.2) is 4.98 Å². The van der Waals surface area contributed by atoms with Crippen LogP contribution in [0.2, 0.25) is 0 Å². The Hall–Kier alpha value is -3.51. The molecule has 0 N–H and O–H groups in total. The van der Waals surface area contributed by atoms with Crippen molar-refractivity contribution in [2.24, 2.45) is 5.10 Å². The summed E-state index contributed by atoms with van der Waals surface area (Å²) in [6, 6.07) is 22.5. The third-order valence-electron chi connectivity index (χ3n) is 6.52. The van der Waals surface area contributed by atoms with E-state index < -0.39 is 0 Å². The van der Waals surface area contributed by atoms with E-state index in [1.165, 1.54) is 15.8 Å². The van der Waals surface area contributed by atoms with Gasteiger partial charge in [0.25, 0.3) is 5.56 Å². The van der Waals surface area contributed by atoms with Crippen LogP contribution in [-0.2, 0) is 12.0 Å². The summed E-state index contributed by atoms with van der Waals surface area (Å²) in [6.45, 7) is 11.1. The van der Waals surface area contributed by atoms with Crippen molar-refractivity contribution in [1.29, 1.82) is 0 Å². The predicted molar refractivity (Wildman–Crippen MR) is 152 cm³/mol. The van der Waals surface area contributed by atoms with Gasteiger partial charge >= 0.3 is 0 Å². The van der Waals surface area contributed by atoms with Crippen molar-refractivity contribution in [2.75, 3.05) is 0 Å². The number of para-hydroxylation sites is 1. The van der Waals surface area contributed by atoms with Crippen LogP contribution in [-0.4, -0.2) is 20.4 Å². The highest BCUT2D eigenvalue weighted by Gasteiger charge is 2.23. The van der Waals surface area contributed by atoms with E-state index in [-0.39, 0.29) is 11.0 Å². The van der Waals surface area contributed by atoms with E-state index >= 15 is 0 Å². The van der Waals surface area contributed by atoms with E-state index in [1.807, 2.05) is 51.3 Å². The first-order valence-corrected chi connectivity index (χ1v) is 12.8. The number of nitrogens with zero attached hydrogens (tertiary/aromatic N) is 4. The lowest BCUT2D eigenvalue weighted by molar-refractivity contribution is 0.506. The second kappa shape index (κ2) is 9.17. The average molecular weight is 541 g/mol. The van der Waals surface area contributed by atoms with E-state index in [0.717, 1.165) is 33.2 Å². The Morgan fingerprint density at radius 3 is 2.42 bits per heavy atom. The molecule has 0 unspecified atom stereocenters. The summed E-state index contributed by atoms with van der Waals surface area (Å²) in [5.41, 5.74) is 5.85. The Balaban J connectivity index is 1.67. The predicted octanol–water partition coefficient (Wildman–Crippen LogP) is 6.96. The molecule has 36 heavy (non-hydrogen) atoms. The molecular formula is C30H29BrN4O. The van der Waals surface area contributed by atoms with Crippen molar-refractivity contribution in [2.45, 2.75) is 46.6 Å². The maximum atomic E-state index is 13.6. The highest BCUT2D eigenvalue weighted by atomic mass is 79.9. The van der Waals surface area contributed by atoms with Crippen molar-refractivity contribution in [1.82, 2.24) is 14.2 Å². The van der Waals surface area contributed by atoms with Crippen LogP contribution in [0.3, 0.4) is 0 Å². The number of fused-ring (bicyclic) bond motifs is 2. The fraction of sp³-hybridized carbons (Fsp3) is 0.233. The molecule has 182 valence electrons.